The van der Waals surface area contributed by atoms with Crippen molar-refractivity contribution in [3.05, 3.63) is 0 Å². The van der Waals surface area contributed by atoms with Crippen LogP contribution in [0.5, 0.6) is 0 Å². The molecule has 0 atom stereocenters. The fourth-order valence-electron chi connectivity index (χ4n) is 3.68. The summed E-state index contributed by atoms with van der Waals surface area (Å²) in [7, 11) is 0. The van der Waals surface area contributed by atoms with Crippen LogP contribution in [0.1, 0.15) is 65.2 Å². The van der Waals surface area contributed by atoms with E-state index in [9.17, 15) is 19.5 Å². The van der Waals surface area contributed by atoms with E-state index in [1.54, 1.807) is 0 Å². The normalized spacial score (nSPS) is 25.6. The van der Waals surface area contributed by atoms with Crippen LogP contribution in [0.3, 0.4) is 0 Å². The average Bonchev–Trinajstić information content (AvgIpc) is 2.25. The van der Waals surface area contributed by atoms with Gasteiger partial charge in [-0.2, -0.15) is 0 Å². The SMILES string of the molecule is CC1(C)CC(=O)N(C2(CC(=O)O)CCCCC2)C(=O)C1. The predicted octanol–water partition coefficient (Wildman–Crippen LogP) is 2.34. The zero-order valence-corrected chi connectivity index (χ0v) is 12.3. The van der Waals surface area contributed by atoms with E-state index in [2.05, 4.69) is 0 Å². The molecule has 2 rings (SSSR count). The average molecular weight is 281 g/mol. The molecule has 1 saturated heterocycles. The van der Waals surface area contributed by atoms with Gasteiger partial charge in [0.2, 0.25) is 11.8 Å². The molecule has 20 heavy (non-hydrogen) atoms. The topological polar surface area (TPSA) is 74.7 Å². The van der Waals surface area contributed by atoms with Gasteiger partial charge in [0.15, 0.2) is 0 Å². The number of hydrogen-bond acceptors (Lipinski definition) is 3. The largest absolute Gasteiger partial charge is 0.481 e. The number of amides is 2. The Labute approximate surface area is 119 Å². The van der Waals surface area contributed by atoms with Gasteiger partial charge in [0.25, 0.3) is 0 Å². The highest BCUT2D eigenvalue weighted by molar-refractivity contribution is 5.99. The van der Waals surface area contributed by atoms with Gasteiger partial charge in [-0.25, -0.2) is 0 Å². The van der Waals surface area contributed by atoms with E-state index in [1.807, 2.05) is 13.8 Å². The molecule has 0 spiro atoms. The van der Waals surface area contributed by atoms with Crippen LogP contribution in [0.2, 0.25) is 0 Å². The molecular formula is C15H23NO4. The van der Waals surface area contributed by atoms with E-state index in [-0.39, 0.29) is 23.7 Å². The van der Waals surface area contributed by atoms with E-state index < -0.39 is 11.5 Å². The van der Waals surface area contributed by atoms with Crippen molar-refractivity contribution in [2.45, 2.75) is 70.8 Å². The summed E-state index contributed by atoms with van der Waals surface area (Å²) in [6, 6.07) is 0. The molecule has 2 aliphatic rings. The monoisotopic (exact) mass is 281 g/mol. The van der Waals surface area contributed by atoms with Crippen LogP contribution in [0.4, 0.5) is 0 Å². The molecule has 0 aromatic rings. The molecule has 112 valence electrons. The van der Waals surface area contributed by atoms with Crippen LogP contribution in [-0.2, 0) is 14.4 Å². The molecule has 1 aliphatic heterocycles. The van der Waals surface area contributed by atoms with E-state index in [0.29, 0.717) is 25.7 Å². The Bertz CT molecular complexity index is 415. The number of carbonyl (C=O) groups is 3. The van der Waals surface area contributed by atoms with Crippen molar-refractivity contribution in [2.24, 2.45) is 5.41 Å². The van der Waals surface area contributed by atoms with Gasteiger partial charge in [-0.15, -0.1) is 0 Å². The molecule has 1 heterocycles. The van der Waals surface area contributed by atoms with Crippen molar-refractivity contribution in [3.63, 3.8) is 0 Å². The summed E-state index contributed by atoms with van der Waals surface area (Å²) in [5.74, 6) is -1.33. The summed E-state index contributed by atoms with van der Waals surface area (Å²) >= 11 is 0. The van der Waals surface area contributed by atoms with Gasteiger partial charge in [0, 0.05) is 12.8 Å². The quantitative estimate of drug-likeness (QED) is 0.806. The molecule has 2 fully saturated rings. The summed E-state index contributed by atoms with van der Waals surface area (Å²) in [5, 5.41) is 9.19. The first-order valence-corrected chi connectivity index (χ1v) is 7.34. The fourth-order valence-corrected chi connectivity index (χ4v) is 3.68. The maximum atomic E-state index is 12.4. The molecule has 0 aromatic heterocycles. The third kappa shape index (κ3) is 2.86. The predicted molar refractivity (Wildman–Crippen MR) is 72.9 cm³/mol. The van der Waals surface area contributed by atoms with Gasteiger partial charge < -0.3 is 5.11 Å². The molecule has 0 bridgehead atoms. The lowest BCUT2D eigenvalue weighted by Crippen LogP contribution is -2.60. The minimum absolute atomic E-state index is 0.120. The Morgan fingerprint density at radius 1 is 1.10 bits per heavy atom. The fraction of sp³-hybridized carbons (Fsp3) is 0.800. The van der Waals surface area contributed by atoms with Crippen molar-refractivity contribution >= 4 is 17.8 Å². The van der Waals surface area contributed by atoms with E-state index in [4.69, 9.17) is 0 Å². The van der Waals surface area contributed by atoms with Crippen molar-refractivity contribution in [1.29, 1.82) is 0 Å². The molecule has 0 aromatic carbocycles. The number of carboxylic acid groups (broad SMARTS) is 1. The van der Waals surface area contributed by atoms with Crippen LogP contribution in [0.15, 0.2) is 0 Å². The summed E-state index contributed by atoms with van der Waals surface area (Å²) in [5.41, 5.74) is -1.10. The zero-order valence-electron chi connectivity index (χ0n) is 12.3. The molecule has 1 N–H and O–H groups in total. The standard InChI is InChI=1S/C15H23NO4/c1-14(2)8-11(17)16(12(18)9-14)15(10-13(19)20)6-4-3-5-7-15/h3-10H2,1-2H3,(H,19,20). The number of imide groups is 1. The Hall–Kier alpha value is -1.39. The lowest BCUT2D eigenvalue weighted by Gasteiger charge is -2.48. The molecule has 0 unspecified atom stereocenters. The minimum atomic E-state index is -0.933. The Morgan fingerprint density at radius 2 is 1.60 bits per heavy atom. The number of rotatable bonds is 3. The van der Waals surface area contributed by atoms with E-state index in [0.717, 1.165) is 19.3 Å². The number of carbonyl (C=O) groups excluding carboxylic acids is 2. The summed E-state index contributed by atoms with van der Waals surface area (Å²) in [6.45, 7) is 3.82. The Morgan fingerprint density at radius 3 is 2.05 bits per heavy atom. The molecule has 2 amide bonds. The van der Waals surface area contributed by atoms with Gasteiger partial charge >= 0.3 is 5.97 Å². The van der Waals surface area contributed by atoms with Crippen LogP contribution < -0.4 is 0 Å². The van der Waals surface area contributed by atoms with E-state index in [1.165, 1.54) is 4.90 Å². The first kappa shape index (κ1) is 15.0. The van der Waals surface area contributed by atoms with Gasteiger partial charge in [-0.1, -0.05) is 33.1 Å². The van der Waals surface area contributed by atoms with Gasteiger partial charge in [0.1, 0.15) is 0 Å². The lowest BCUT2D eigenvalue weighted by atomic mass is 9.74. The first-order chi connectivity index (χ1) is 9.26. The highest BCUT2D eigenvalue weighted by Crippen LogP contribution is 2.42. The number of aliphatic carboxylic acids is 1. The Balaban J connectivity index is 2.31. The molecule has 5 nitrogen and oxygen atoms in total. The number of hydrogen-bond donors (Lipinski definition) is 1. The number of piperidine rings is 1. The third-order valence-electron chi connectivity index (χ3n) is 4.50. The maximum Gasteiger partial charge on any atom is 0.305 e. The van der Waals surface area contributed by atoms with Crippen molar-refractivity contribution < 1.29 is 19.5 Å². The zero-order chi connectivity index (χ0) is 15.0. The van der Waals surface area contributed by atoms with Crippen molar-refractivity contribution in [2.75, 3.05) is 0 Å². The van der Waals surface area contributed by atoms with Crippen LogP contribution in [-0.4, -0.2) is 33.3 Å². The number of likely N-dealkylation sites (tertiary alicyclic amines) is 1. The number of carboxylic acids is 1. The molecular weight excluding hydrogens is 258 g/mol. The van der Waals surface area contributed by atoms with Crippen molar-refractivity contribution in [3.8, 4) is 0 Å². The summed E-state index contributed by atoms with van der Waals surface area (Å²) < 4.78 is 0. The smallest absolute Gasteiger partial charge is 0.305 e. The van der Waals surface area contributed by atoms with Crippen LogP contribution >= 0.6 is 0 Å². The van der Waals surface area contributed by atoms with Gasteiger partial charge in [-0.05, 0) is 18.3 Å². The number of nitrogens with zero attached hydrogens (tertiary/aromatic N) is 1. The maximum absolute atomic E-state index is 12.4. The minimum Gasteiger partial charge on any atom is -0.481 e. The van der Waals surface area contributed by atoms with Gasteiger partial charge in [0.05, 0.1) is 12.0 Å². The van der Waals surface area contributed by atoms with Crippen LogP contribution in [0, 0.1) is 5.41 Å². The third-order valence-corrected chi connectivity index (χ3v) is 4.50. The second-order valence-electron chi connectivity index (χ2n) is 7.00. The summed E-state index contributed by atoms with van der Waals surface area (Å²) in [4.78, 5) is 37.4. The summed E-state index contributed by atoms with van der Waals surface area (Å²) in [6.07, 6.45) is 4.57. The Kier molecular flexibility index (Phi) is 3.89. The second kappa shape index (κ2) is 5.19. The highest BCUT2D eigenvalue weighted by atomic mass is 16.4. The second-order valence-corrected chi connectivity index (χ2v) is 7.00. The van der Waals surface area contributed by atoms with Crippen molar-refractivity contribution in [1.82, 2.24) is 4.90 Å². The molecule has 5 heteroatoms. The van der Waals surface area contributed by atoms with Gasteiger partial charge in [-0.3, -0.25) is 19.3 Å². The highest BCUT2D eigenvalue weighted by Gasteiger charge is 2.49. The van der Waals surface area contributed by atoms with E-state index >= 15 is 0 Å². The molecule has 1 saturated carbocycles. The molecule has 0 radical (unpaired) electrons. The first-order valence-electron chi connectivity index (χ1n) is 7.34. The molecule has 1 aliphatic carbocycles. The lowest BCUT2D eigenvalue weighted by molar-refractivity contribution is -0.164. The van der Waals surface area contributed by atoms with Crippen LogP contribution in [0.25, 0.3) is 0 Å².